The molecule has 1 fully saturated rings. The number of urea groups is 1. The van der Waals surface area contributed by atoms with Crippen LogP contribution in [-0.2, 0) is 4.79 Å². The first-order valence-electron chi connectivity index (χ1n) is 7.16. The quantitative estimate of drug-likeness (QED) is 0.692. The highest BCUT2D eigenvalue weighted by molar-refractivity contribution is 5.75. The summed E-state index contributed by atoms with van der Waals surface area (Å²) in [6, 6.07) is -0.572. The molecule has 110 valence electrons. The first-order chi connectivity index (χ1) is 8.90. The molecule has 2 amide bonds. The Bertz CT molecular complexity index is 318. The maximum atomic E-state index is 11.8. The standard InChI is InChI=1S/C14H26N2O3/c1-9(2)12(7-13(17)18)16-14(19)15-8-11-6-4-5-10(11)3/h9-12H,4-8H2,1-3H3,(H,17,18)(H2,15,16,19). The van der Waals surface area contributed by atoms with Crippen molar-refractivity contribution < 1.29 is 14.7 Å². The van der Waals surface area contributed by atoms with Crippen LogP contribution >= 0.6 is 0 Å². The molecule has 3 atom stereocenters. The van der Waals surface area contributed by atoms with Crippen LogP contribution in [0.5, 0.6) is 0 Å². The molecule has 1 rings (SSSR count). The van der Waals surface area contributed by atoms with Gasteiger partial charge in [-0.15, -0.1) is 0 Å². The Morgan fingerprint density at radius 1 is 1.32 bits per heavy atom. The third-order valence-electron chi connectivity index (χ3n) is 4.08. The van der Waals surface area contributed by atoms with Crippen molar-refractivity contribution in [2.24, 2.45) is 17.8 Å². The molecule has 19 heavy (non-hydrogen) atoms. The minimum Gasteiger partial charge on any atom is -0.481 e. The van der Waals surface area contributed by atoms with Gasteiger partial charge in [0.05, 0.1) is 6.42 Å². The number of hydrogen-bond acceptors (Lipinski definition) is 2. The molecular formula is C14H26N2O3. The lowest BCUT2D eigenvalue weighted by Crippen LogP contribution is -2.46. The number of nitrogens with one attached hydrogen (secondary N) is 2. The van der Waals surface area contributed by atoms with E-state index in [2.05, 4.69) is 17.6 Å². The number of aliphatic carboxylic acids is 1. The summed E-state index contributed by atoms with van der Waals surface area (Å²) in [6.07, 6.45) is 3.61. The van der Waals surface area contributed by atoms with Crippen molar-refractivity contribution in [3.8, 4) is 0 Å². The van der Waals surface area contributed by atoms with E-state index in [0.717, 1.165) is 0 Å². The predicted molar refractivity (Wildman–Crippen MR) is 73.9 cm³/mol. The second-order valence-electron chi connectivity index (χ2n) is 5.97. The predicted octanol–water partition coefficient (Wildman–Crippen LogP) is 2.22. The van der Waals surface area contributed by atoms with Gasteiger partial charge in [0, 0.05) is 12.6 Å². The second-order valence-corrected chi connectivity index (χ2v) is 5.97. The van der Waals surface area contributed by atoms with Crippen LogP contribution in [0.4, 0.5) is 4.79 Å². The number of rotatable bonds is 6. The maximum absolute atomic E-state index is 11.8. The number of hydrogen-bond donors (Lipinski definition) is 3. The smallest absolute Gasteiger partial charge is 0.315 e. The molecule has 3 N–H and O–H groups in total. The first-order valence-corrected chi connectivity index (χ1v) is 7.16. The molecule has 0 heterocycles. The van der Waals surface area contributed by atoms with Gasteiger partial charge >= 0.3 is 12.0 Å². The van der Waals surface area contributed by atoms with Gasteiger partial charge in [-0.3, -0.25) is 4.79 Å². The van der Waals surface area contributed by atoms with Crippen molar-refractivity contribution in [2.75, 3.05) is 6.54 Å². The maximum Gasteiger partial charge on any atom is 0.315 e. The molecule has 1 saturated carbocycles. The van der Waals surface area contributed by atoms with Gasteiger partial charge in [0.2, 0.25) is 0 Å². The Morgan fingerprint density at radius 3 is 2.47 bits per heavy atom. The van der Waals surface area contributed by atoms with Gasteiger partial charge in [0.1, 0.15) is 0 Å². The van der Waals surface area contributed by atoms with Crippen LogP contribution in [0.2, 0.25) is 0 Å². The van der Waals surface area contributed by atoms with E-state index in [1.54, 1.807) is 0 Å². The van der Waals surface area contributed by atoms with Gasteiger partial charge in [-0.05, 0) is 24.2 Å². The Balaban J connectivity index is 2.33. The highest BCUT2D eigenvalue weighted by Gasteiger charge is 2.24. The molecule has 0 spiro atoms. The summed E-state index contributed by atoms with van der Waals surface area (Å²) in [5.74, 6) is 0.443. The largest absolute Gasteiger partial charge is 0.481 e. The lowest BCUT2D eigenvalue weighted by atomic mass is 9.98. The fourth-order valence-corrected chi connectivity index (χ4v) is 2.61. The molecule has 0 radical (unpaired) electrons. The number of carboxylic acids is 1. The Kier molecular flexibility index (Phi) is 6.12. The highest BCUT2D eigenvalue weighted by Crippen LogP contribution is 2.30. The molecular weight excluding hydrogens is 244 g/mol. The first kappa shape index (κ1) is 15.8. The highest BCUT2D eigenvalue weighted by atomic mass is 16.4. The van der Waals surface area contributed by atoms with Crippen LogP contribution in [0.3, 0.4) is 0 Å². The molecule has 0 aromatic heterocycles. The second kappa shape index (κ2) is 7.36. The zero-order valence-electron chi connectivity index (χ0n) is 12.1. The van der Waals surface area contributed by atoms with Crippen LogP contribution < -0.4 is 10.6 Å². The molecule has 0 aromatic carbocycles. The van der Waals surface area contributed by atoms with Crippen molar-refractivity contribution in [2.45, 2.75) is 52.5 Å². The number of carbonyl (C=O) groups excluding carboxylic acids is 1. The van der Waals surface area contributed by atoms with E-state index >= 15 is 0 Å². The van der Waals surface area contributed by atoms with E-state index < -0.39 is 5.97 Å². The Hall–Kier alpha value is -1.26. The van der Waals surface area contributed by atoms with Crippen molar-refractivity contribution >= 4 is 12.0 Å². The van der Waals surface area contributed by atoms with Crippen LogP contribution in [-0.4, -0.2) is 29.7 Å². The molecule has 0 aliphatic heterocycles. The van der Waals surface area contributed by atoms with Crippen molar-refractivity contribution in [3.05, 3.63) is 0 Å². The normalized spacial score (nSPS) is 24.2. The van der Waals surface area contributed by atoms with Gasteiger partial charge in [-0.25, -0.2) is 4.79 Å². The minimum absolute atomic E-state index is 0.0368. The monoisotopic (exact) mass is 270 g/mol. The summed E-state index contributed by atoms with van der Waals surface area (Å²) in [6.45, 7) is 6.73. The minimum atomic E-state index is -0.886. The number of carboxylic acid groups (broad SMARTS) is 1. The van der Waals surface area contributed by atoms with E-state index in [0.29, 0.717) is 18.4 Å². The van der Waals surface area contributed by atoms with Gasteiger partial charge < -0.3 is 15.7 Å². The zero-order chi connectivity index (χ0) is 14.4. The SMILES string of the molecule is CC(C)C(CC(=O)O)NC(=O)NCC1CCCC1C. The topological polar surface area (TPSA) is 78.4 Å². The van der Waals surface area contributed by atoms with Crippen LogP contribution in [0.1, 0.15) is 46.5 Å². The Morgan fingerprint density at radius 2 is 2.00 bits per heavy atom. The molecule has 0 aromatic rings. The van der Waals surface area contributed by atoms with Crippen LogP contribution in [0, 0.1) is 17.8 Å². The molecule has 1 aliphatic rings. The summed E-state index contributed by atoms with van der Waals surface area (Å²) >= 11 is 0. The van der Waals surface area contributed by atoms with E-state index in [1.165, 1.54) is 19.3 Å². The van der Waals surface area contributed by atoms with Crippen molar-refractivity contribution in [1.29, 1.82) is 0 Å². The van der Waals surface area contributed by atoms with Crippen molar-refractivity contribution in [1.82, 2.24) is 10.6 Å². The number of carbonyl (C=O) groups is 2. The van der Waals surface area contributed by atoms with Gasteiger partial charge in [-0.2, -0.15) is 0 Å². The molecule has 5 nitrogen and oxygen atoms in total. The molecule has 3 unspecified atom stereocenters. The van der Waals surface area contributed by atoms with Crippen LogP contribution in [0.25, 0.3) is 0 Å². The third kappa shape index (κ3) is 5.49. The Labute approximate surface area is 115 Å². The average molecular weight is 270 g/mol. The van der Waals surface area contributed by atoms with E-state index in [4.69, 9.17) is 5.11 Å². The van der Waals surface area contributed by atoms with Crippen molar-refractivity contribution in [3.63, 3.8) is 0 Å². The zero-order valence-corrected chi connectivity index (χ0v) is 12.1. The van der Waals surface area contributed by atoms with E-state index in [9.17, 15) is 9.59 Å². The fourth-order valence-electron chi connectivity index (χ4n) is 2.61. The molecule has 1 aliphatic carbocycles. The van der Waals surface area contributed by atoms with Gasteiger partial charge in [0.15, 0.2) is 0 Å². The summed E-state index contributed by atoms with van der Waals surface area (Å²) in [5.41, 5.74) is 0. The van der Waals surface area contributed by atoms with E-state index in [-0.39, 0.29) is 24.4 Å². The lowest BCUT2D eigenvalue weighted by Gasteiger charge is -2.22. The van der Waals surface area contributed by atoms with Crippen LogP contribution in [0.15, 0.2) is 0 Å². The third-order valence-corrected chi connectivity index (χ3v) is 4.08. The van der Waals surface area contributed by atoms with Gasteiger partial charge in [-0.1, -0.05) is 33.6 Å². The summed E-state index contributed by atoms with van der Waals surface area (Å²) in [4.78, 5) is 22.5. The summed E-state index contributed by atoms with van der Waals surface area (Å²) < 4.78 is 0. The molecule has 5 heteroatoms. The summed E-state index contributed by atoms with van der Waals surface area (Å²) in [7, 11) is 0. The molecule has 0 bridgehead atoms. The number of amides is 2. The average Bonchev–Trinajstić information content (AvgIpc) is 2.70. The lowest BCUT2D eigenvalue weighted by molar-refractivity contribution is -0.137. The summed E-state index contributed by atoms with van der Waals surface area (Å²) in [5, 5.41) is 14.4. The molecule has 0 saturated heterocycles. The van der Waals surface area contributed by atoms with Gasteiger partial charge in [0.25, 0.3) is 0 Å². The fraction of sp³-hybridized carbons (Fsp3) is 0.857. The van der Waals surface area contributed by atoms with E-state index in [1.807, 2.05) is 13.8 Å².